The molecule has 1 aromatic rings. The van der Waals surface area contributed by atoms with Gasteiger partial charge in [-0.3, -0.25) is 4.79 Å². The maximum absolute atomic E-state index is 12.7. The summed E-state index contributed by atoms with van der Waals surface area (Å²) in [5.41, 5.74) is 0.434. The lowest BCUT2D eigenvalue weighted by atomic mass is 10.1. The van der Waals surface area contributed by atoms with Crippen LogP contribution in [-0.4, -0.2) is 59.1 Å². The van der Waals surface area contributed by atoms with Gasteiger partial charge in [0.15, 0.2) is 5.78 Å². The van der Waals surface area contributed by atoms with Gasteiger partial charge in [0.25, 0.3) is 0 Å². The van der Waals surface area contributed by atoms with Crippen molar-refractivity contribution in [1.29, 1.82) is 0 Å². The van der Waals surface area contributed by atoms with E-state index in [0.29, 0.717) is 45.2 Å². The average Bonchev–Trinajstić information content (AvgIpc) is 2.49. The number of ketones is 1. The molecule has 0 N–H and O–H groups in total. The van der Waals surface area contributed by atoms with Crippen molar-refractivity contribution in [2.24, 2.45) is 0 Å². The molecule has 0 aliphatic carbocycles. The standard InChI is InChI=1S/C15H21FO5/c1-18-6-7-19-8-9-20-10-11-21-12-15(17)13-2-4-14(16)5-3-13/h2-5H,6-12H2,1H3. The third kappa shape index (κ3) is 8.52. The SMILES string of the molecule is COCCOCCOCCOCC(=O)c1ccc(F)cc1. The molecule has 1 rings (SSSR count). The second-order valence-electron chi connectivity index (χ2n) is 4.20. The number of Topliss-reactive ketones (excluding diaryl/α,β-unsaturated/α-hetero) is 1. The second-order valence-corrected chi connectivity index (χ2v) is 4.20. The molecule has 0 spiro atoms. The van der Waals surface area contributed by atoms with Crippen molar-refractivity contribution in [2.75, 3.05) is 53.4 Å². The van der Waals surface area contributed by atoms with Crippen LogP contribution in [0.2, 0.25) is 0 Å². The van der Waals surface area contributed by atoms with Gasteiger partial charge in [-0.1, -0.05) is 0 Å². The Morgan fingerprint density at radius 1 is 0.905 bits per heavy atom. The highest BCUT2D eigenvalue weighted by Crippen LogP contribution is 2.03. The van der Waals surface area contributed by atoms with Crippen LogP contribution in [0.3, 0.4) is 0 Å². The maximum Gasteiger partial charge on any atom is 0.188 e. The van der Waals surface area contributed by atoms with Crippen LogP contribution >= 0.6 is 0 Å². The Kier molecular flexibility index (Phi) is 9.56. The summed E-state index contributed by atoms with van der Waals surface area (Å²) in [5, 5.41) is 0. The molecule has 6 heteroatoms. The molecule has 0 aliphatic heterocycles. The van der Waals surface area contributed by atoms with Gasteiger partial charge in [0, 0.05) is 12.7 Å². The fraction of sp³-hybridized carbons (Fsp3) is 0.533. The lowest BCUT2D eigenvalue weighted by molar-refractivity contribution is 0.00492. The van der Waals surface area contributed by atoms with E-state index in [-0.39, 0.29) is 18.2 Å². The van der Waals surface area contributed by atoms with E-state index in [4.69, 9.17) is 18.9 Å². The van der Waals surface area contributed by atoms with Crippen molar-refractivity contribution in [1.82, 2.24) is 0 Å². The molecule has 21 heavy (non-hydrogen) atoms. The number of benzene rings is 1. The Morgan fingerprint density at radius 3 is 2.00 bits per heavy atom. The molecule has 1 aromatic carbocycles. The number of rotatable bonds is 12. The van der Waals surface area contributed by atoms with Crippen molar-refractivity contribution >= 4 is 5.78 Å². The molecule has 0 fully saturated rings. The van der Waals surface area contributed by atoms with Crippen molar-refractivity contribution in [3.8, 4) is 0 Å². The van der Waals surface area contributed by atoms with Crippen molar-refractivity contribution in [2.45, 2.75) is 0 Å². The van der Waals surface area contributed by atoms with E-state index in [1.54, 1.807) is 7.11 Å². The predicted octanol–water partition coefficient (Wildman–Crippen LogP) is 1.70. The topological polar surface area (TPSA) is 54.0 Å². The summed E-state index contributed by atoms with van der Waals surface area (Å²) in [6, 6.07) is 5.38. The van der Waals surface area contributed by atoms with Gasteiger partial charge in [-0.2, -0.15) is 0 Å². The van der Waals surface area contributed by atoms with Crippen LogP contribution in [0.1, 0.15) is 10.4 Å². The van der Waals surface area contributed by atoms with Crippen LogP contribution < -0.4 is 0 Å². The average molecular weight is 300 g/mol. The molecule has 0 saturated carbocycles. The van der Waals surface area contributed by atoms with Gasteiger partial charge < -0.3 is 18.9 Å². The number of halogens is 1. The van der Waals surface area contributed by atoms with E-state index in [2.05, 4.69) is 0 Å². The van der Waals surface area contributed by atoms with Crippen molar-refractivity contribution in [3.05, 3.63) is 35.6 Å². The first-order valence-corrected chi connectivity index (χ1v) is 6.75. The molecule has 0 unspecified atom stereocenters. The smallest absolute Gasteiger partial charge is 0.188 e. The molecule has 0 atom stereocenters. The van der Waals surface area contributed by atoms with Crippen LogP contribution in [0.15, 0.2) is 24.3 Å². The normalized spacial score (nSPS) is 10.8. The molecule has 0 aliphatic rings. The highest BCUT2D eigenvalue weighted by atomic mass is 19.1. The Hall–Kier alpha value is -1.34. The van der Waals surface area contributed by atoms with Crippen LogP contribution in [-0.2, 0) is 18.9 Å². The minimum Gasteiger partial charge on any atom is -0.382 e. The van der Waals surface area contributed by atoms with Gasteiger partial charge in [-0.15, -0.1) is 0 Å². The van der Waals surface area contributed by atoms with E-state index in [0.717, 1.165) is 0 Å². The van der Waals surface area contributed by atoms with Gasteiger partial charge in [0.05, 0.1) is 39.6 Å². The maximum atomic E-state index is 12.7. The predicted molar refractivity (Wildman–Crippen MR) is 75.1 cm³/mol. The number of hydrogen-bond acceptors (Lipinski definition) is 5. The number of methoxy groups -OCH3 is 1. The van der Waals surface area contributed by atoms with Gasteiger partial charge in [-0.25, -0.2) is 4.39 Å². The number of carbonyl (C=O) groups is 1. The summed E-state index contributed by atoms with van der Waals surface area (Å²) in [5.74, 6) is -0.550. The van der Waals surface area contributed by atoms with Crippen LogP contribution in [0.5, 0.6) is 0 Å². The van der Waals surface area contributed by atoms with E-state index in [9.17, 15) is 9.18 Å². The zero-order valence-corrected chi connectivity index (χ0v) is 12.2. The Labute approximate surface area is 123 Å². The number of carbonyl (C=O) groups excluding carboxylic acids is 1. The summed E-state index contributed by atoms with van der Waals surface area (Å²) < 4.78 is 33.2. The molecule has 0 saturated heterocycles. The molecule has 5 nitrogen and oxygen atoms in total. The second kappa shape index (κ2) is 11.3. The summed E-state index contributed by atoms with van der Waals surface area (Å²) in [6.45, 7) is 2.75. The van der Waals surface area contributed by atoms with E-state index >= 15 is 0 Å². The van der Waals surface area contributed by atoms with Crippen LogP contribution in [0, 0.1) is 5.82 Å². The minimum absolute atomic E-state index is 0.0423. The van der Waals surface area contributed by atoms with Gasteiger partial charge >= 0.3 is 0 Å². The molecular formula is C15H21FO5. The first-order valence-electron chi connectivity index (χ1n) is 6.75. The van der Waals surface area contributed by atoms with E-state index in [1.807, 2.05) is 0 Å². The van der Waals surface area contributed by atoms with Crippen LogP contribution in [0.4, 0.5) is 4.39 Å². The highest BCUT2D eigenvalue weighted by Gasteiger charge is 2.05. The fourth-order valence-corrected chi connectivity index (χ4v) is 1.47. The first-order chi connectivity index (χ1) is 10.2. The lowest BCUT2D eigenvalue weighted by Crippen LogP contribution is -2.14. The molecule has 0 heterocycles. The fourth-order valence-electron chi connectivity index (χ4n) is 1.47. The molecular weight excluding hydrogens is 279 g/mol. The zero-order chi connectivity index (χ0) is 15.3. The Morgan fingerprint density at radius 2 is 1.43 bits per heavy atom. The molecule has 0 radical (unpaired) electrons. The number of hydrogen-bond donors (Lipinski definition) is 0. The first kappa shape index (κ1) is 17.7. The van der Waals surface area contributed by atoms with E-state index in [1.165, 1.54) is 24.3 Å². The third-order valence-corrected chi connectivity index (χ3v) is 2.58. The summed E-state index contributed by atoms with van der Waals surface area (Å²) in [4.78, 5) is 11.7. The molecule has 0 bridgehead atoms. The Balaban J connectivity index is 1.96. The highest BCUT2D eigenvalue weighted by molar-refractivity contribution is 5.96. The van der Waals surface area contributed by atoms with Crippen LogP contribution in [0.25, 0.3) is 0 Å². The molecule has 118 valence electrons. The van der Waals surface area contributed by atoms with Gasteiger partial charge in [-0.05, 0) is 24.3 Å². The van der Waals surface area contributed by atoms with Gasteiger partial charge in [0.1, 0.15) is 12.4 Å². The monoisotopic (exact) mass is 300 g/mol. The quantitative estimate of drug-likeness (QED) is 0.434. The van der Waals surface area contributed by atoms with E-state index < -0.39 is 0 Å². The Bertz CT molecular complexity index is 394. The van der Waals surface area contributed by atoms with Crippen molar-refractivity contribution < 1.29 is 28.1 Å². The third-order valence-electron chi connectivity index (χ3n) is 2.58. The largest absolute Gasteiger partial charge is 0.382 e. The summed E-state index contributed by atoms with van der Waals surface area (Å²) in [6.07, 6.45) is 0. The summed E-state index contributed by atoms with van der Waals surface area (Å²) >= 11 is 0. The lowest BCUT2D eigenvalue weighted by Gasteiger charge is -2.06. The number of ether oxygens (including phenoxy) is 4. The van der Waals surface area contributed by atoms with Gasteiger partial charge in [0.2, 0.25) is 0 Å². The summed E-state index contributed by atoms with van der Waals surface area (Å²) in [7, 11) is 1.62. The minimum atomic E-state index is -0.367. The molecule has 0 aromatic heterocycles. The molecule has 0 amide bonds. The van der Waals surface area contributed by atoms with Crippen molar-refractivity contribution in [3.63, 3.8) is 0 Å². The zero-order valence-electron chi connectivity index (χ0n) is 12.2.